The van der Waals surface area contributed by atoms with Gasteiger partial charge in [-0.15, -0.1) is 0 Å². The SMILES string of the molecule is O=C(CNC(=O)C(F)(F)F)N1CCC2(CCC2)C1. The lowest BCUT2D eigenvalue weighted by Crippen LogP contribution is -2.44. The second kappa shape index (κ2) is 4.44. The lowest BCUT2D eigenvalue weighted by atomic mass is 9.68. The molecule has 0 aromatic heterocycles. The van der Waals surface area contributed by atoms with E-state index in [1.165, 1.54) is 0 Å². The van der Waals surface area contributed by atoms with Gasteiger partial charge in [0.2, 0.25) is 5.91 Å². The molecule has 2 aliphatic rings. The van der Waals surface area contributed by atoms with Crippen LogP contribution in [0, 0.1) is 5.41 Å². The molecule has 1 saturated carbocycles. The summed E-state index contributed by atoms with van der Waals surface area (Å²) in [4.78, 5) is 23.8. The molecule has 1 aliphatic heterocycles. The number of halogens is 3. The average Bonchev–Trinajstić information content (AvgIpc) is 2.68. The van der Waals surface area contributed by atoms with Gasteiger partial charge in [-0.05, 0) is 24.7 Å². The molecule has 0 radical (unpaired) electrons. The van der Waals surface area contributed by atoms with Gasteiger partial charge in [0.05, 0.1) is 6.54 Å². The zero-order valence-electron chi connectivity index (χ0n) is 9.85. The number of hydrogen-bond acceptors (Lipinski definition) is 2. The number of nitrogens with zero attached hydrogens (tertiary/aromatic N) is 1. The van der Waals surface area contributed by atoms with E-state index in [2.05, 4.69) is 0 Å². The molecule has 4 nitrogen and oxygen atoms in total. The van der Waals surface area contributed by atoms with E-state index in [0.29, 0.717) is 13.1 Å². The van der Waals surface area contributed by atoms with Gasteiger partial charge in [-0.1, -0.05) is 6.42 Å². The summed E-state index contributed by atoms with van der Waals surface area (Å²) in [5, 5.41) is 1.61. The molecular weight excluding hydrogens is 249 g/mol. The van der Waals surface area contributed by atoms with E-state index in [1.54, 1.807) is 10.2 Å². The fourth-order valence-corrected chi connectivity index (χ4v) is 2.60. The summed E-state index contributed by atoms with van der Waals surface area (Å²) in [5.41, 5.74) is 0.212. The first-order valence-corrected chi connectivity index (χ1v) is 5.95. The van der Waals surface area contributed by atoms with E-state index in [-0.39, 0.29) is 5.41 Å². The molecule has 0 aromatic rings. The van der Waals surface area contributed by atoms with Gasteiger partial charge in [-0.3, -0.25) is 9.59 Å². The molecule has 0 aromatic carbocycles. The summed E-state index contributed by atoms with van der Waals surface area (Å²) in [6, 6.07) is 0. The lowest BCUT2D eigenvalue weighted by molar-refractivity contribution is -0.174. The number of carbonyl (C=O) groups excluding carboxylic acids is 2. The number of alkyl halides is 3. The van der Waals surface area contributed by atoms with Crippen molar-refractivity contribution in [2.75, 3.05) is 19.6 Å². The molecule has 1 saturated heterocycles. The monoisotopic (exact) mass is 264 g/mol. The third kappa shape index (κ3) is 2.59. The van der Waals surface area contributed by atoms with Gasteiger partial charge in [0, 0.05) is 13.1 Å². The first kappa shape index (κ1) is 13.2. The van der Waals surface area contributed by atoms with Crippen molar-refractivity contribution in [3.05, 3.63) is 0 Å². The molecule has 1 heterocycles. The van der Waals surface area contributed by atoms with E-state index in [0.717, 1.165) is 25.7 Å². The molecule has 18 heavy (non-hydrogen) atoms. The van der Waals surface area contributed by atoms with Crippen LogP contribution < -0.4 is 5.32 Å². The highest BCUT2D eigenvalue weighted by Gasteiger charge is 2.44. The Morgan fingerprint density at radius 1 is 1.22 bits per heavy atom. The number of rotatable bonds is 2. The molecule has 0 atom stereocenters. The Morgan fingerprint density at radius 3 is 2.33 bits per heavy atom. The summed E-state index contributed by atoms with van der Waals surface area (Å²) >= 11 is 0. The molecule has 2 fully saturated rings. The Hall–Kier alpha value is -1.27. The van der Waals surface area contributed by atoms with E-state index in [4.69, 9.17) is 0 Å². The molecule has 1 spiro atoms. The summed E-state index contributed by atoms with van der Waals surface area (Å²) in [7, 11) is 0. The molecule has 102 valence electrons. The number of nitrogens with one attached hydrogen (secondary N) is 1. The minimum absolute atomic E-state index is 0.212. The van der Waals surface area contributed by atoms with Gasteiger partial charge in [-0.25, -0.2) is 0 Å². The second-order valence-corrected chi connectivity index (χ2v) is 5.10. The summed E-state index contributed by atoms with van der Waals surface area (Å²) in [5.74, 6) is -2.50. The first-order chi connectivity index (χ1) is 8.32. The van der Waals surface area contributed by atoms with Crippen molar-refractivity contribution in [3.8, 4) is 0 Å². The Balaban J connectivity index is 1.77. The normalized spacial score (nSPS) is 21.8. The standard InChI is InChI=1S/C11H15F3N2O2/c12-11(13,14)9(18)15-6-8(17)16-5-4-10(7-16)2-1-3-10/h1-7H2,(H,15,18). The fraction of sp³-hybridized carbons (Fsp3) is 0.818. The Kier molecular flexibility index (Phi) is 3.25. The Bertz CT molecular complexity index is 364. The van der Waals surface area contributed by atoms with Crippen LogP contribution in [0.25, 0.3) is 0 Å². The Labute approximate surface area is 103 Å². The minimum atomic E-state index is -4.93. The van der Waals surface area contributed by atoms with E-state index in [1.807, 2.05) is 0 Å². The third-order valence-corrected chi connectivity index (χ3v) is 3.86. The summed E-state index contributed by atoms with van der Waals surface area (Å²) in [6.07, 6.45) is -0.670. The fourth-order valence-electron chi connectivity index (χ4n) is 2.60. The molecule has 1 N–H and O–H groups in total. The molecule has 2 rings (SSSR count). The molecule has 2 amide bonds. The molecule has 0 unspecified atom stereocenters. The largest absolute Gasteiger partial charge is 0.471 e. The number of likely N-dealkylation sites (tertiary alicyclic amines) is 1. The van der Waals surface area contributed by atoms with Crippen LogP contribution >= 0.6 is 0 Å². The van der Waals surface area contributed by atoms with Crippen LogP contribution in [0.3, 0.4) is 0 Å². The van der Waals surface area contributed by atoms with Gasteiger partial charge in [0.1, 0.15) is 0 Å². The topological polar surface area (TPSA) is 49.4 Å². The van der Waals surface area contributed by atoms with E-state index in [9.17, 15) is 22.8 Å². The van der Waals surface area contributed by atoms with Crippen molar-refractivity contribution in [2.45, 2.75) is 31.9 Å². The van der Waals surface area contributed by atoms with Crippen molar-refractivity contribution in [1.82, 2.24) is 10.2 Å². The highest BCUT2D eigenvalue weighted by atomic mass is 19.4. The predicted molar refractivity (Wildman–Crippen MR) is 56.5 cm³/mol. The van der Waals surface area contributed by atoms with Crippen molar-refractivity contribution < 1.29 is 22.8 Å². The van der Waals surface area contributed by atoms with Gasteiger partial charge in [-0.2, -0.15) is 13.2 Å². The zero-order chi connectivity index (χ0) is 13.4. The molecule has 7 heteroatoms. The van der Waals surface area contributed by atoms with Gasteiger partial charge in [0.15, 0.2) is 0 Å². The van der Waals surface area contributed by atoms with E-state index >= 15 is 0 Å². The third-order valence-electron chi connectivity index (χ3n) is 3.86. The van der Waals surface area contributed by atoms with Crippen LogP contribution in [-0.2, 0) is 9.59 Å². The average molecular weight is 264 g/mol. The molecule has 1 aliphatic carbocycles. The van der Waals surface area contributed by atoms with Crippen LogP contribution in [0.15, 0.2) is 0 Å². The number of hydrogen-bond donors (Lipinski definition) is 1. The predicted octanol–water partition coefficient (Wildman–Crippen LogP) is 1.07. The number of amides is 2. The van der Waals surface area contributed by atoms with Crippen molar-refractivity contribution in [2.24, 2.45) is 5.41 Å². The van der Waals surface area contributed by atoms with Gasteiger partial charge >= 0.3 is 12.1 Å². The smallest absolute Gasteiger partial charge is 0.341 e. The molecule has 0 bridgehead atoms. The van der Waals surface area contributed by atoms with Gasteiger partial charge in [0.25, 0.3) is 0 Å². The van der Waals surface area contributed by atoms with Crippen LogP contribution in [0.1, 0.15) is 25.7 Å². The minimum Gasteiger partial charge on any atom is -0.341 e. The maximum atomic E-state index is 11.9. The highest BCUT2D eigenvalue weighted by molar-refractivity contribution is 5.87. The first-order valence-electron chi connectivity index (χ1n) is 5.95. The Morgan fingerprint density at radius 2 is 1.89 bits per heavy atom. The number of carbonyl (C=O) groups is 2. The second-order valence-electron chi connectivity index (χ2n) is 5.10. The molecular formula is C11H15F3N2O2. The van der Waals surface area contributed by atoms with Crippen LogP contribution in [0.5, 0.6) is 0 Å². The highest BCUT2D eigenvalue weighted by Crippen LogP contribution is 2.47. The summed E-state index contributed by atoms with van der Waals surface area (Å²) in [6.45, 7) is 0.628. The van der Waals surface area contributed by atoms with Crippen LogP contribution in [0.2, 0.25) is 0 Å². The zero-order valence-corrected chi connectivity index (χ0v) is 9.85. The van der Waals surface area contributed by atoms with Gasteiger partial charge < -0.3 is 10.2 Å². The summed E-state index contributed by atoms with van der Waals surface area (Å²) < 4.78 is 35.8. The van der Waals surface area contributed by atoms with Crippen molar-refractivity contribution in [3.63, 3.8) is 0 Å². The maximum Gasteiger partial charge on any atom is 0.471 e. The van der Waals surface area contributed by atoms with Crippen LogP contribution in [-0.4, -0.2) is 42.5 Å². The van der Waals surface area contributed by atoms with Crippen molar-refractivity contribution in [1.29, 1.82) is 0 Å². The van der Waals surface area contributed by atoms with E-state index < -0.39 is 24.5 Å². The van der Waals surface area contributed by atoms with Crippen LogP contribution in [0.4, 0.5) is 13.2 Å². The quantitative estimate of drug-likeness (QED) is 0.811. The van der Waals surface area contributed by atoms with Crippen molar-refractivity contribution >= 4 is 11.8 Å². The lowest BCUT2D eigenvalue weighted by Gasteiger charge is -2.37. The maximum absolute atomic E-state index is 11.9.